The molecule has 1 aliphatic heterocycles. The molecule has 1 saturated heterocycles. The lowest BCUT2D eigenvalue weighted by atomic mass is 10.3. The lowest BCUT2D eigenvalue weighted by Gasteiger charge is -2.34. The van der Waals surface area contributed by atoms with E-state index in [1.54, 1.807) is 30.3 Å². The van der Waals surface area contributed by atoms with Crippen LogP contribution in [0.3, 0.4) is 0 Å². The molecule has 2 rings (SSSR count). The van der Waals surface area contributed by atoms with Gasteiger partial charge in [-0.2, -0.15) is 4.31 Å². The average Bonchev–Trinajstić information content (AvgIpc) is 2.60. The van der Waals surface area contributed by atoms with Gasteiger partial charge >= 0.3 is 0 Å². The van der Waals surface area contributed by atoms with Gasteiger partial charge in [-0.15, -0.1) is 0 Å². The molecule has 0 saturated carbocycles. The van der Waals surface area contributed by atoms with Gasteiger partial charge in [0.05, 0.1) is 18.0 Å². The van der Waals surface area contributed by atoms with E-state index >= 15 is 0 Å². The third-order valence-corrected chi connectivity index (χ3v) is 5.51. The largest absolute Gasteiger partial charge is 0.346 e. The lowest BCUT2D eigenvalue weighted by molar-refractivity contribution is -0.133. The van der Waals surface area contributed by atoms with Crippen molar-refractivity contribution in [1.29, 1.82) is 0 Å². The van der Waals surface area contributed by atoms with Crippen molar-refractivity contribution in [2.24, 2.45) is 5.73 Å². The highest BCUT2D eigenvalue weighted by Crippen LogP contribution is 2.17. The lowest BCUT2D eigenvalue weighted by Crippen LogP contribution is -2.52. The van der Waals surface area contributed by atoms with Crippen molar-refractivity contribution in [3.8, 4) is 0 Å². The van der Waals surface area contributed by atoms with Gasteiger partial charge in [0, 0.05) is 26.2 Å². The molecule has 0 atom stereocenters. The van der Waals surface area contributed by atoms with Crippen LogP contribution in [0.1, 0.15) is 0 Å². The number of carbonyl (C=O) groups excluding carboxylic acids is 2. The molecule has 1 aromatic carbocycles. The maximum atomic E-state index is 12.5. The van der Waals surface area contributed by atoms with Gasteiger partial charge in [-0.05, 0) is 12.1 Å². The molecular formula is C14H20N4O4S. The van der Waals surface area contributed by atoms with Gasteiger partial charge in [0.15, 0.2) is 0 Å². The summed E-state index contributed by atoms with van der Waals surface area (Å²) in [5.74, 6) is -0.646. The summed E-state index contributed by atoms with van der Waals surface area (Å²) in [7, 11) is -3.53. The quantitative estimate of drug-likeness (QED) is 0.684. The van der Waals surface area contributed by atoms with Crippen LogP contribution in [0.25, 0.3) is 0 Å². The maximum absolute atomic E-state index is 12.5. The molecule has 3 N–H and O–H groups in total. The van der Waals surface area contributed by atoms with Crippen LogP contribution in [0.15, 0.2) is 35.2 Å². The molecule has 0 unspecified atom stereocenters. The third-order valence-electron chi connectivity index (χ3n) is 3.59. The van der Waals surface area contributed by atoms with Crippen molar-refractivity contribution < 1.29 is 18.0 Å². The topological polar surface area (TPSA) is 113 Å². The van der Waals surface area contributed by atoms with Crippen LogP contribution >= 0.6 is 0 Å². The molecule has 9 heteroatoms. The number of nitrogens with one attached hydrogen (secondary N) is 1. The predicted octanol–water partition coefficient (Wildman–Crippen LogP) is -1.41. The van der Waals surface area contributed by atoms with Gasteiger partial charge in [0.25, 0.3) is 0 Å². The summed E-state index contributed by atoms with van der Waals surface area (Å²) in [6.07, 6.45) is 0. The number of nitrogens with zero attached hydrogens (tertiary/aromatic N) is 2. The second-order valence-electron chi connectivity index (χ2n) is 5.08. The Morgan fingerprint density at radius 3 is 2.26 bits per heavy atom. The van der Waals surface area contributed by atoms with Gasteiger partial charge in [-0.3, -0.25) is 9.59 Å². The number of benzene rings is 1. The first-order chi connectivity index (χ1) is 10.9. The van der Waals surface area contributed by atoms with E-state index in [2.05, 4.69) is 5.32 Å². The van der Waals surface area contributed by atoms with Crippen LogP contribution < -0.4 is 11.1 Å². The highest BCUT2D eigenvalue weighted by atomic mass is 32.2. The van der Waals surface area contributed by atoms with Crippen LogP contribution in [0.2, 0.25) is 0 Å². The minimum absolute atomic E-state index is 0.124. The normalized spacial score (nSPS) is 16.1. The molecule has 1 fully saturated rings. The first-order valence-electron chi connectivity index (χ1n) is 7.25. The van der Waals surface area contributed by atoms with Crippen LogP contribution in [0.5, 0.6) is 0 Å². The Morgan fingerprint density at radius 2 is 1.70 bits per heavy atom. The van der Waals surface area contributed by atoms with Crippen molar-refractivity contribution in [3.63, 3.8) is 0 Å². The Morgan fingerprint density at radius 1 is 1.09 bits per heavy atom. The third kappa shape index (κ3) is 4.27. The fourth-order valence-electron chi connectivity index (χ4n) is 2.28. The fraction of sp³-hybridized carbons (Fsp3) is 0.429. The monoisotopic (exact) mass is 340 g/mol. The number of hydrogen-bond acceptors (Lipinski definition) is 5. The van der Waals surface area contributed by atoms with Crippen LogP contribution in [0, 0.1) is 0 Å². The predicted molar refractivity (Wildman–Crippen MR) is 83.8 cm³/mol. The molecule has 0 spiro atoms. The van der Waals surface area contributed by atoms with E-state index in [0.29, 0.717) is 13.1 Å². The molecule has 23 heavy (non-hydrogen) atoms. The number of sulfonamides is 1. The number of carbonyl (C=O) groups is 2. The number of amides is 2. The standard InChI is InChI=1S/C14H20N4O4S/c15-10-13(19)16-11-14(20)17-6-8-18(9-7-17)23(21,22)12-4-2-1-3-5-12/h1-5H,6-11,15H2,(H,16,19). The van der Waals surface area contributed by atoms with Crippen LogP contribution in [-0.2, 0) is 19.6 Å². The molecule has 2 amide bonds. The van der Waals surface area contributed by atoms with E-state index in [0.717, 1.165) is 0 Å². The average molecular weight is 340 g/mol. The number of rotatable bonds is 5. The Hall–Kier alpha value is -1.97. The van der Waals surface area contributed by atoms with Crippen molar-refractivity contribution in [2.45, 2.75) is 4.90 Å². The molecule has 0 bridgehead atoms. The SMILES string of the molecule is NCC(=O)NCC(=O)N1CCN(S(=O)(=O)c2ccccc2)CC1. The second-order valence-corrected chi connectivity index (χ2v) is 7.02. The van der Waals surface area contributed by atoms with E-state index in [-0.39, 0.29) is 37.0 Å². The minimum atomic E-state index is -3.53. The van der Waals surface area contributed by atoms with Crippen molar-refractivity contribution in [3.05, 3.63) is 30.3 Å². The summed E-state index contributed by atoms with van der Waals surface area (Å²) >= 11 is 0. The van der Waals surface area contributed by atoms with Crippen LogP contribution in [-0.4, -0.2) is 68.7 Å². The smallest absolute Gasteiger partial charge is 0.243 e. The van der Waals surface area contributed by atoms with E-state index in [4.69, 9.17) is 5.73 Å². The van der Waals surface area contributed by atoms with E-state index in [1.165, 1.54) is 9.21 Å². The fourth-order valence-corrected chi connectivity index (χ4v) is 3.72. The first kappa shape index (κ1) is 17.4. The van der Waals surface area contributed by atoms with Gasteiger partial charge in [0.2, 0.25) is 21.8 Å². The van der Waals surface area contributed by atoms with Gasteiger partial charge in [-0.1, -0.05) is 18.2 Å². The Kier molecular flexibility index (Phi) is 5.69. The number of hydrogen-bond donors (Lipinski definition) is 2. The molecule has 0 radical (unpaired) electrons. The highest BCUT2D eigenvalue weighted by Gasteiger charge is 2.29. The van der Waals surface area contributed by atoms with E-state index in [9.17, 15) is 18.0 Å². The Labute approximate surface area is 135 Å². The molecule has 1 aromatic rings. The van der Waals surface area contributed by atoms with Gasteiger partial charge in [-0.25, -0.2) is 8.42 Å². The van der Waals surface area contributed by atoms with Crippen molar-refractivity contribution in [1.82, 2.24) is 14.5 Å². The van der Waals surface area contributed by atoms with Crippen LogP contribution in [0.4, 0.5) is 0 Å². The molecule has 126 valence electrons. The molecule has 0 aromatic heterocycles. The van der Waals surface area contributed by atoms with E-state index < -0.39 is 15.9 Å². The zero-order chi connectivity index (χ0) is 16.9. The summed E-state index contributed by atoms with van der Waals surface area (Å²) in [4.78, 5) is 24.8. The maximum Gasteiger partial charge on any atom is 0.243 e. The number of piperazine rings is 1. The molecular weight excluding hydrogens is 320 g/mol. The van der Waals surface area contributed by atoms with Gasteiger partial charge < -0.3 is 16.0 Å². The molecule has 0 aliphatic carbocycles. The zero-order valence-electron chi connectivity index (χ0n) is 12.6. The zero-order valence-corrected chi connectivity index (χ0v) is 13.5. The summed E-state index contributed by atoms with van der Waals surface area (Å²) in [5, 5.41) is 2.41. The first-order valence-corrected chi connectivity index (χ1v) is 8.69. The van der Waals surface area contributed by atoms with Crippen molar-refractivity contribution in [2.75, 3.05) is 39.3 Å². The van der Waals surface area contributed by atoms with Gasteiger partial charge in [0.1, 0.15) is 0 Å². The van der Waals surface area contributed by atoms with Crippen molar-refractivity contribution >= 4 is 21.8 Å². The number of nitrogens with two attached hydrogens (primary N) is 1. The summed E-state index contributed by atoms with van der Waals surface area (Å²) < 4.78 is 26.3. The molecule has 8 nitrogen and oxygen atoms in total. The summed E-state index contributed by atoms with van der Waals surface area (Å²) in [6, 6.07) is 8.20. The molecule has 1 heterocycles. The summed E-state index contributed by atoms with van der Waals surface area (Å²) in [6.45, 7) is 0.756. The summed E-state index contributed by atoms with van der Waals surface area (Å²) in [5.41, 5.74) is 5.15. The molecule has 1 aliphatic rings. The van der Waals surface area contributed by atoms with E-state index in [1.807, 2.05) is 0 Å². The second kappa shape index (κ2) is 7.53. The Balaban J connectivity index is 1.91. The highest BCUT2D eigenvalue weighted by molar-refractivity contribution is 7.89. The minimum Gasteiger partial charge on any atom is -0.346 e. The Bertz CT molecular complexity index is 655.